The van der Waals surface area contributed by atoms with Crippen LogP contribution in [-0.2, 0) is 0 Å². The second kappa shape index (κ2) is 6.39. The van der Waals surface area contributed by atoms with Gasteiger partial charge in [0.1, 0.15) is 11.3 Å². The normalized spacial score (nSPS) is 20.0. The molecule has 1 saturated heterocycles. The summed E-state index contributed by atoms with van der Waals surface area (Å²) in [5, 5.41) is 4.05. The molecule has 1 aromatic carbocycles. The number of fused-ring (bicyclic) bond motifs is 1. The summed E-state index contributed by atoms with van der Waals surface area (Å²) in [5.41, 5.74) is 1.78. The van der Waals surface area contributed by atoms with E-state index in [0.29, 0.717) is 16.6 Å². The first kappa shape index (κ1) is 15.4. The summed E-state index contributed by atoms with van der Waals surface area (Å²) in [7, 11) is 0. The van der Waals surface area contributed by atoms with Crippen molar-refractivity contribution >= 4 is 17.7 Å². The third-order valence-corrected chi connectivity index (χ3v) is 5.71. The molecule has 2 aliphatic rings. The SMILES string of the molecule is Cc1oncc1C(=O)N1CCSC(c2ccc3c(c2)OCO3)CC1. The summed E-state index contributed by atoms with van der Waals surface area (Å²) in [6.45, 7) is 3.50. The first-order chi connectivity index (χ1) is 11.7. The van der Waals surface area contributed by atoms with Crippen LogP contribution < -0.4 is 9.47 Å². The van der Waals surface area contributed by atoms with E-state index in [0.717, 1.165) is 36.8 Å². The Morgan fingerprint density at radius 1 is 1.29 bits per heavy atom. The fourth-order valence-electron chi connectivity index (χ4n) is 3.03. The van der Waals surface area contributed by atoms with Crippen molar-refractivity contribution in [3.05, 3.63) is 41.3 Å². The third kappa shape index (κ3) is 2.84. The summed E-state index contributed by atoms with van der Waals surface area (Å²) in [5.74, 6) is 3.09. The van der Waals surface area contributed by atoms with Crippen LogP contribution in [0.25, 0.3) is 0 Å². The molecule has 0 N–H and O–H groups in total. The van der Waals surface area contributed by atoms with Crippen molar-refractivity contribution in [1.82, 2.24) is 10.1 Å². The summed E-state index contributed by atoms with van der Waals surface area (Å²) in [6.07, 6.45) is 2.41. The molecule has 0 bridgehead atoms. The minimum atomic E-state index is 0.000636. The van der Waals surface area contributed by atoms with E-state index in [2.05, 4.69) is 17.3 Å². The van der Waals surface area contributed by atoms with Crippen LogP contribution in [0.3, 0.4) is 0 Å². The number of hydrogen-bond acceptors (Lipinski definition) is 6. The van der Waals surface area contributed by atoms with E-state index in [4.69, 9.17) is 14.0 Å². The molecule has 2 aliphatic heterocycles. The van der Waals surface area contributed by atoms with Gasteiger partial charge in [-0.25, -0.2) is 0 Å². The Morgan fingerprint density at radius 2 is 2.17 bits per heavy atom. The molecule has 1 atom stereocenters. The predicted molar refractivity (Wildman–Crippen MR) is 89.5 cm³/mol. The van der Waals surface area contributed by atoms with Crippen LogP contribution >= 0.6 is 11.8 Å². The van der Waals surface area contributed by atoms with Gasteiger partial charge in [0.2, 0.25) is 6.79 Å². The van der Waals surface area contributed by atoms with Gasteiger partial charge < -0.3 is 18.9 Å². The minimum absolute atomic E-state index is 0.000636. The van der Waals surface area contributed by atoms with Gasteiger partial charge in [0.15, 0.2) is 11.5 Å². The van der Waals surface area contributed by atoms with Crippen LogP contribution in [0.1, 0.15) is 33.4 Å². The van der Waals surface area contributed by atoms with Gasteiger partial charge in [-0.3, -0.25) is 4.79 Å². The number of carbonyl (C=O) groups excluding carboxylic acids is 1. The number of thioether (sulfide) groups is 1. The van der Waals surface area contributed by atoms with Crippen LogP contribution in [-0.4, -0.2) is 41.6 Å². The molecule has 1 amide bonds. The lowest BCUT2D eigenvalue weighted by molar-refractivity contribution is 0.0765. The third-order valence-electron chi connectivity index (χ3n) is 4.38. The zero-order valence-electron chi connectivity index (χ0n) is 13.4. The van der Waals surface area contributed by atoms with Gasteiger partial charge in [0, 0.05) is 24.1 Å². The molecular weight excluding hydrogens is 328 g/mol. The molecule has 1 unspecified atom stereocenters. The lowest BCUT2D eigenvalue weighted by atomic mass is 10.1. The average molecular weight is 346 g/mol. The summed E-state index contributed by atoms with van der Waals surface area (Å²) in [4.78, 5) is 14.5. The monoisotopic (exact) mass is 346 g/mol. The van der Waals surface area contributed by atoms with E-state index in [9.17, 15) is 4.79 Å². The number of amides is 1. The molecule has 126 valence electrons. The molecule has 7 heteroatoms. The number of rotatable bonds is 2. The molecule has 0 saturated carbocycles. The highest BCUT2D eigenvalue weighted by molar-refractivity contribution is 7.99. The van der Waals surface area contributed by atoms with E-state index in [-0.39, 0.29) is 12.7 Å². The fourth-order valence-corrected chi connectivity index (χ4v) is 4.25. The first-order valence-corrected chi connectivity index (χ1v) is 8.99. The smallest absolute Gasteiger partial charge is 0.259 e. The molecule has 1 fully saturated rings. The van der Waals surface area contributed by atoms with Crippen LogP contribution in [0.5, 0.6) is 11.5 Å². The lowest BCUT2D eigenvalue weighted by Gasteiger charge is -2.19. The van der Waals surface area contributed by atoms with E-state index in [1.165, 1.54) is 11.8 Å². The standard InChI is InChI=1S/C17H18N2O4S/c1-11-13(9-18-23-11)17(20)19-5-4-16(24-7-6-19)12-2-3-14-15(8-12)22-10-21-14/h2-3,8-9,16H,4-7,10H2,1H3. The molecule has 3 heterocycles. The topological polar surface area (TPSA) is 64.8 Å². The van der Waals surface area contributed by atoms with Crippen molar-refractivity contribution < 1.29 is 18.8 Å². The first-order valence-electron chi connectivity index (χ1n) is 7.94. The molecule has 0 radical (unpaired) electrons. The Kier molecular flexibility index (Phi) is 4.10. The molecule has 6 nitrogen and oxygen atoms in total. The molecule has 4 rings (SSSR count). The number of aryl methyl sites for hydroxylation is 1. The van der Waals surface area contributed by atoms with E-state index >= 15 is 0 Å². The Hall–Kier alpha value is -2.15. The van der Waals surface area contributed by atoms with Gasteiger partial charge in [-0.2, -0.15) is 11.8 Å². The lowest BCUT2D eigenvalue weighted by Crippen LogP contribution is -2.33. The fraction of sp³-hybridized carbons (Fsp3) is 0.412. The Labute approximate surface area is 144 Å². The zero-order chi connectivity index (χ0) is 16.5. The van der Waals surface area contributed by atoms with Gasteiger partial charge in [0.25, 0.3) is 5.91 Å². The summed E-state index contributed by atoms with van der Waals surface area (Å²) < 4.78 is 15.9. The predicted octanol–water partition coefficient (Wildman–Crippen LogP) is 3.03. The maximum Gasteiger partial charge on any atom is 0.259 e. The van der Waals surface area contributed by atoms with Crippen LogP contribution in [0.15, 0.2) is 28.9 Å². The van der Waals surface area contributed by atoms with Crippen LogP contribution in [0.2, 0.25) is 0 Å². The molecule has 24 heavy (non-hydrogen) atoms. The number of nitrogens with zero attached hydrogens (tertiary/aromatic N) is 2. The van der Waals surface area contributed by atoms with Crippen molar-refractivity contribution in [2.75, 3.05) is 25.6 Å². The van der Waals surface area contributed by atoms with Gasteiger partial charge in [0.05, 0.1) is 6.20 Å². The maximum absolute atomic E-state index is 12.6. The number of benzene rings is 1. The van der Waals surface area contributed by atoms with Gasteiger partial charge >= 0.3 is 0 Å². The van der Waals surface area contributed by atoms with Crippen LogP contribution in [0, 0.1) is 6.92 Å². The number of carbonyl (C=O) groups is 1. The van der Waals surface area contributed by atoms with Gasteiger partial charge in [-0.1, -0.05) is 11.2 Å². The molecular formula is C17H18N2O4S. The molecule has 2 aromatic rings. The zero-order valence-corrected chi connectivity index (χ0v) is 14.2. The van der Waals surface area contributed by atoms with E-state index in [1.54, 1.807) is 6.92 Å². The minimum Gasteiger partial charge on any atom is -0.454 e. The Bertz CT molecular complexity index is 761. The van der Waals surface area contributed by atoms with Gasteiger partial charge in [-0.05, 0) is 31.0 Å². The number of aromatic nitrogens is 1. The highest BCUT2D eigenvalue weighted by atomic mass is 32.2. The second-order valence-corrected chi connectivity index (χ2v) is 7.16. The molecule has 0 aliphatic carbocycles. The Morgan fingerprint density at radius 3 is 3.00 bits per heavy atom. The van der Waals surface area contributed by atoms with Crippen LogP contribution in [0.4, 0.5) is 0 Å². The van der Waals surface area contributed by atoms with E-state index < -0.39 is 0 Å². The molecule has 0 spiro atoms. The van der Waals surface area contributed by atoms with Crippen molar-refractivity contribution in [3.8, 4) is 11.5 Å². The highest BCUT2D eigenvalue weighted by Gasteiger charge is 2.26. The average Bonchev–Trinajstić information content (AvgIpc) is 3.15. The Balaban J connectivity index is 1.46. The van der Waals surface area contributed by atoms with Crippen molar-refractivity contribution in [2.45, 2.75) is 18.6 Å². The summed E-state index contributed by atoms with van der Waals surface area (Å²) >= 11 is 1.88. The number of hydrogen-bond donors (Lipinski definition) is 0. The van der Waals surface area contributed by atoms with E-state index in [1.807, 2.05) is 22.7 Å². The second-order valence-electron chi connectivity index (χ2n) is 5.85. The van der Waals surface area contributed by atoms with Gasteiger partial charge in [-0.15, -0.1) is 0 Å². The highest BCUT2D eigenvalue weighted by Crippen LogP contribution is 2.40. The van der Waals surface area contributed by atoms with Crippen molar-refractivity contribution in [3.63, 3.8) is 0 Å². The summed E-state index contributed by atoms with van der Waals surface area (Å²) in [6, 6.07) is 6.11. The quantitative estimate of drug-likeness (QED) is 0.833. The van der Waals surface area contributed by atoms with Crippen molar-refractivity contribution in [2.24, 2.45) is 0 Å². The van der Waals surface area contributed by atoms with Crippen molar-refractivity contribution in [1.29, 1.82) is 0 Å². The molecule has 1 aromatic heterocycles. The largest absolute Gasteiger partial charge is 0.454 e. The maximum atomic E-state index is 12.6. The number of ether oxygens (including phenoxy) is 2.